The summed E-state index contributed by atoms with van der Waals surface area (Å²) in [5.41, 5.74) is 1.91. The van der Waals surface area contributed by atoms with Gasteiger partial charge in [-0.25, -0.2) is 0 Å². The van der Waals surface area contributed by atoms with Gasteiger partial charge in [-0.2, -0.15) is 0 Å². The quantitative estimate of drug-likeness (QED) is 0.592. The molecule has 2 aliphatic heterocycles. The van der Waals surface area contributed by atoms with Gasteiger partial charge in [-0.3, -0.25) is 9.69 Å². The normalized spacial score (nSPS) is 18.9. The maximum absolute atomic E-state index is 13.1. The zero-order chi connectivity index (χ0) is 21.6. The van der Waals surface area contributed by atoms with Crippen LogP contribution in [-0.2, 0) is 0 Å². The first-order valence-electron chi connectivity index (χ1n) is 11.3. The summed E-state index contributed by atoms with van der Waals surface area (Å²) in [6.45, 7) is 6.63. The van der Waals surface area contributed by atoms with Gasteiger partial charge in [-0.1, -0.05) is 17.2 Å². The molecule has 0 radical (unpaired) electrons. The molecule has 2 saturated heterocycles. The van der Waals surface area contributed by atoms with Gasteiger partial charge in [-0.05, 0) is 75.4 Å². The Labute approximate surface area is 189 Å². The SMILES string of the molecule is C/C(=C\c1ccco1)CN1CCC(Oc2cc(Cl)ccc2C(=O)N2CCCCC2)CC1. The van der Waals surface area contributed by atoms with Gasteiger partial charge in [0.15, 0.2) is 0 Å². The van der Waals surface area contributed by atoms with Gasteiger partial charge in [0.2, 0.25) is 0 Å². The first-order chi connectivity index (χ1) is 15.1. The second-order valence-corrected chi connectivity index (χ2v) is 9.03. The number of carbonyl (C=O) groups is 1. The van der Waals surface area contributed by atoms with E-state index in [1.807, 2.05) is 23.1 Å². The molecule has 31 heavy (non-hydrogen) atoms. The van der Waals surface area contributed by atoms with Crippen molar-refractivity contribution in [3.8, 4) is 5.75 Å². The average molecular weight is 443 g/mol. The molecule has 0 unspecified atom stereocenters. The van der Waals surface area contributed by atoms with Crippen LogP contribution in [0.4, 0.5) is 0 Å². The van der Waals surface area contributed by atoms with Crippen molar-refractivity contribution in [3.05, 3.63) is 58.5 Å². The number of amides is 1. The molecule has 0 saturated carbocycles. The summed E-state index contributed by atoms with van der Waals surface area (Å²) in [5.74, 6) is 1.57. The fourth-order valence-corrected chi connectivity index (χ4v) is 4.58. The summed E-state index contributed by atoms with van der Waals surface area (Å²) >= 11 is 6.24. The van der Waals surface area contributed by atoms with E-state index < -0.39 is 0 Å². The highest BCUT2D eigenvalue weighted by molar-refractivity contribution is 6.30. The Morgan fingerprint density at radius 1 is 1.16 bits per heavy atom. The molecule has 0 N–H and O–H groups in total. The number of piperidine rings is 2. The minimum absolute atomic E-state index is 0.0579. The Hall–Kier alpha value is -2.24. The van der Waals surface area contributed by atoms with Gasteiger partial charge >= 0.3 is 0 Å². The van der Waals surface area contributed by atoms with Gasteiger partial charge in [-0.15, -0.1) is 0 Å². The molecule has 166 valence electrons. The van der Waals surface area contributed by atoms with E-state index in [1.165, 1.54) is 12.0 Å². The predicted molar refractivity (Wildman–Crippen MR) is 124 cm³/mol. The van der Waals surface area contributed by atoms with Crippen LogP contribution in [-0.4, -0.2) is 54.5 Å². The van der Waals surface area contributed by atoms with E-state index in [4.69, 9.17) is 20.8 Å². The lowest BCUT2D eigenvalue weighted by molar-refractivity contribution is 0.0706. The van der Waals surface area contributed by atoms with Crippen LogP contribution < -0.4 is 4.74 Å². The summed E-state index contributed by atoms with van der Waals surface area (Å²) in [7, 11) is 0. The minimum atomic E-state index is 0.0579. The first kappa shape index (κ1) is 22.0. The molecule has 1 aromatic heterocycles. The lowest BCUT2D eigenvalue weighted by atomic mass is 10.1. The zero-order valence-corrected chi connectivity index (χ0v) is 18.9. The maximum atomic E-state index is 13.1. The Bertz CT molecular complexity index is 895. The number of furan rings is 1. The van der Waals surface area contributed by atoms with Gasteiger partial charge in [0.05, 0.1) is 11.8 Å². The zero-order valence-electron chi connectivity index (χ0n) is 18.2. The molecule has 1 aromatic carbocycles. The molecule has 2 aromatic rings. The van der Waals surface area contributed by atoms with Gasteiger partial charge in [0, 0.05) is 37.7 Å². The third-order valence-corrected chi connectivity index (χ3v) is 6.29. The van der Waals surface area contributed by atoms with Gasteiger partial charge in [0.25, 0.3) is 5.91 Å². The van der Waals surface area contributed by atoms with E-state index in [1.54, 1.807) is 18.4 Å². The smallest absolute Gasteiger partial charge is 0.257 e. The van der Waals surface area contributed by atoms with Gasteiger partial charge in [0.1, 0.15) is 17.6 Å². The topological polar surface area (TPSA) is 45.9 Å². The predicted octanol–water partition coefficient (Wildman–Crippen LogP) is 5.51. The molecule has 0 aliphatic carbocycles. The largest absolute Gasteiger partial charge is 0.489 e. The van der Waals surface area contributed by atoms with Crippen molar-refractivity contribution >= 4 is 23.6 Å². The minimum Gasteiger partial charge on any atom is -0.489 e. The van der Waals surface area contributed by atoms with Crippen LogP contribution in [0.2, 0.25) is 5.02 Å². The number of nitrogens with zero attached hydrogens (tertiary/aromatic N) is 2. The van der Waals surface area contributed by atoms with Crippen molar-refractivity contribution in [2.45, 2.75) is 45.1 Å². The van der Waals surface area contributed by atoms with Crippen LogP contribution in [0, 0.1) is 0 Å². The average Bonchev–Trinajstić information content (AvgIpc) is 3.28. The van der Waals surface area contributed by atoms with Crippen LogP contribution in [0.5, 0.6) is 5.75 Å². The molecular weight excluding hydrogens is 412 g/mol. The standard InChI is InChI=1S/C25H31ClN2O3/c1-19(16-22-6-5-15-30-22)18-27-13-9-21(10-14-27)31-24-17-20(26)7-8-23(24)25(29)28-11-3-2-4-12-28/h5-8,15-17,21H,2-4,9-14,18H2,1H3/b19-16+. The van der Waals surface area contributed by atoms with Crippen LogP contribution in [0.15, 0.2) is 46.6 Å². The number of hydrogen-bond donors (Lipinski definition) is 0. The number of halogens is 1. The van der Waals surface area contributed by atoms with E-state index in [-0.39, 0.29) is 12.0 Å². The maximum Gasteiger partial charge on any atom is 0.257 e. The summed E-state index contributed by atoms with van der Waals surface area (Å²) in [5, 5.41) is 0.598. The number of benzene rings is 1. The van der Waals surface area contributed by atoms with Crippen LogP contribution in [0.3, 0.4) is 0 Å². The number of carbonyl (C=O) groups excluding carboxylic acids is 1. The number of ether oxygens (including phenoxy) is 1. The molecule has 5 nitrogen and oxygen atoms in total. The van der Waals surface area contributed by atoms with E-state index in [0.29, 0.717) is 16.3 Å². The number of likely N-dealkylation sites (tertiary alicyclic amines) is 2. The summed E-state index contributed by atoms with van der Waals surface area (Å²) in [6.07, 6.45) is 9.08. The third kappa shape index (κ3) is 5.92. The van der Waals surface area contributed by atoms with E-state index in [9.17, 15) is 4.79 Å². The van der Waals surface area contributed by atoms with E-state index >= 15 is 0 Å². The molecule has 2 aliphatic rings. The molecule has 0 spiro atoms. The summed E-state index contributed by atoms with van der Waals surface area (Å²) in [6, 6.07) is 9.26. The molecule has 4 rings (SSSR count). The lowest BCUT2D eigenvalue weighted by Gasteiger charge is -2.33. The van der Waals surface area contributed by atoms with Crippen molar-refractivity contribution < 1.29 is 13.9 Å². The molecule has 1 amide bonds. The fraction of sp³-hybridized carbons (Fsp3) is 0.480. The van der Waals surface area contributed by atoms with E-state index in [2.05, 4.69) is 17.9 Å². The Morgan fingerprint density at radius 2 is 1.94 bits per heavy atom. The highest BCUT2D eigenvalue weighted by atomic mass is 35.5. The second-order valence-electron chi connectivity index (χ2n) is 8.59. The Kier molecular flexibility index (Phi) is 7.36. The molecule has 0 atom stereocenters. The molecular formula is C25H31ClN2O3. The van der Waals surface area contributed by atoms with Crippen molar-refractivity contribution in [1.29, 1.82) is 0 Å². The molecule has 2 fully saturated rings. The highest BCUT2D eigenvalue weighted by Gasteiger charge is 2.25. The van der Waals surface area contributed by atoms with Crippen molar-refractivity contribution in [2.24, 2.45) is 0 Å². The van der Waals surface area contributed by atoms with Crippen LogP contribution >= 0.6 is 11.6 Å². The third-order valence-electron chi connectivity index (χ3n) is 6.05. The van der Waals surface area contributed by atoms with Crippen molar-refractivity contribution in [2.75, 3.05) is 32.7 Å². The first-order valence-corrected chi connectivity index (χ1v) is 11.6. The Balaban J connectivity index is 1.35. The number of rotatable bonds is 6. The Morgan fingerprint density at radius 3 is 2.65 bits per heavy atom. The summed E-state index contributed by atoms with van der Waals surface area (Å²) < 4.78 is 11.7. The van der Waals surface area contributed by atoms with Crippen molar-refractivity contribution in [3.63, 3.8) is 0 Å². The second kappa shape index (κ2) is 10.4. The lowest BCUT2D eigenvalue weighted by Crippen LogP contribution is -2.39. The summed E-state index contributed by atoms with van der Waals surface area (Å²) in [4.78, 5) is 17.4. The van der Waals surface area contributed by atoms with Gasteiger partial charge < -0.3 is 14.1 Å². The number of hydrogen-bond acceptors (Lipinski definition) is 4. The molecule has 6 heteroatoms. The van der Waals surface area contributed by atoms with Crippen LogP contribution in [0.25, 0.3) is 6.08 Å². The monoisotopic (exact) mass is 442 g/mol. The van der Waals surface area contributed by atoms with Crippen LogP contribution in [0.1, 0.15) is 55.1 Å². The fourth-order valence-electron chi connectivity index (χ4n) is 4.42. The van der Waals surface area contributed by atoms with Crippen molar-refractivity contribution in [1.82, 2.24) is 9.80 Å². The highest BCUT2D eigenvalue weighted by Crippen LogP contribution is 2.29. The molecule has 0 bridgehead atoms. The van der Waals surface area contributed by atoms with E-state index in [0.717, 1.165) is 64.2 Å². The molecule has 3 heterocycles.